The number of benzene rings is 2. The summed E-state index contributed by atoms with van der Waals surface area (Å²) < 4.78 is 31.2. The van der Waals surface area contributed by atoms with Crippen molar-refractivity contribution >= 4 is 23.3 Å². The van der Waals surface area contributed by atoms with E-state index in [2.05, 4.69) is 10.5 Å². The fourth-order valence-electron chi connectivity index (χ4n) is 2.89. The predicted octanol–water partition coefficient (Wildman–Crippen LogP) is 2.36. The molecule has 0 aliphatic carbocycles. The number of oxime groups is 1. The highest BCUT2D eigenvalue weighted by Gasteiger charge is 2.16. The highest BCUT2D eigenvalue weighted by atomic mass is 16.7. The largest absolute Gasteiger partial charge is 0.493 e. The van der Waals surface area contributed by atoms with Crippen LogP contribution in [-0.2, 0) is 19.2 Å². The molecule has 3 rings (SSSR count). The second-order valence-electron chi connectivity index (χ2n) is 6.64. The highest BCUT2D eigenvalue weighted by Crippen LogP contribution is 2.39. The van der Waals surface area contributed by atoms with Crippen molar-refractivity contribution in [2.75, 3.05) is 46.7 Å². The number of carbonyl (C=O) groups is 2. The van der Waals surface area contributed by atoms with Crippen LogP contribution in [0.5, 0.6) is 28.7 Å². The molecular weight excluding hydrogens is 436 g/mol. The molecule has 0 atom stereocenters. The van der Waals surface area contributed by atoms with E-state index in [1.165, 1.54) is 21.3 Å². The Morgan fingerprint density at radius 2 is 1.67 bits per heavy atom. The number of methoxy groups -OCH3 is 3. The summed E-state index contributed by atoms with van der Waals surface area (Å²) in [7, 11) is 4.39. The van der Waals surface area contributed by atoms with Gasteiger partial charge in [0, 0.05) is 23.4 Å². The van der Waals surface area contributed by atoms with Crippen LogP contribution in [0.4, 0.5) is 5.69 Å². The molecule has 0 saturated carbocycles. The number of rotatable bonds is 10. The Balaban J connectivity index is 1.47. The molecule has 33 heavy (non-hydrogen) atoms. The molecule has 0 saturated heterocycles. The first-order valence-electron chi connectivity index (χ1n) is 9.77. The van der Waals surface area contributed by atoms with Gasteiger partial charge in [-0.3, -0.25) is 4.79 Å². The molecule has 1 aliphatic heterocycles. The van der Waals surface area contributed by atoms with Gasteiger partial charge in [0.1, 0.15) is 0 Å². The van der Waals surface area contributed by atoms with Gasteiger partial charge in [-0.05, 0) is 25.1 Å². The van der Waals surface area contributed by atoms with Crippen LogP contribution in [0.25, 0.3) is 0 Å². The van der Waals surface area contributed by atoms with Gasteiger partial charge in [0.25, 0.3) is 5.91 Å². The van der Waals surface area contributed by atoms with Gasteiger partial charge in [-0.2, -0.15) is 0 Å². The second kappa shape index (κ2) is 10.9. The van der Waals surface area contributed by atoms with Gasteiger partial charge in [-0.15, -0.1) is 0 Å². The van der Waals surface area contributed by atoms with Crippen LogP contribution in [0.1, 0.15) is 12.5 Å². The van der Waals surface area contributed by atoms with Gasteiger partial charge >= 0.3 is 5.97 Å². The molecule has 0 spiro atoms. The van der Waals surface area contributed by atoms with E-state index < -0.39 is 25.1 Å². The molecule has 0 fully saturated rings. The first-order valence-corrected chi connectivity index (χ1v) is 9.77. The zero-order valence-electron chi connectivity index (χ0n) is 18.6. The molecule has 1 N–H and O–H groups in total. The lowest BCUT2D eigenvalue weighted by atomic mass is 10.1. The van der Waals surface area contributed by atoms with E-state index in [0.29, 0.717) is 40.1 Å². The molecule has 11 nitrogen and oxygen atoms in total. The third kappa shape index (κ3) is 5.97. The normalized spacial score (nSPS) is 12.1. The number of esters is 1. The molecule has 0 bridgehead atoms. The van der Waals surface area contributed by atoms with Gasteiger partial charge in [-0.25, -0.2) is 4.79 Å². The van der Waals surface area contributed by atoms with Crippen LogP contribution >= 0.6 is 0 Å². The molecular formula is C22H24N2O9. The zero-order valence-corrected chi connectivity index (χ0v) is 18.6. The maximum Gasteiger partial charge on any atom is 0.347 e. The van der Waals surface area contributed by atoms with E-state index in [1.807, 2.05) is 0 Å². The smallest absolute Gasteiger partial charge is 0.347 e. The summed E-state index contributed by atoms with van der Waals surface area (Å²) in [6.45, 7) is 0.918. The average Bonchev–Trinajstić information content (AvgIpc) is 3.30. The van der Waals surface area contributed by atoms with Crippen LogP contribution in [0.3, 0.4) is 0 Å². The third-order valence-electron chi connectivity index (χ3n) is 4.49. The van der Waals surface area contributed by atoms with E-state index >= 15 is 0 Å². The number of carbonyl (C=O) groups excluding carboxylic acids is 2. The van der Waals surface area contributed by atoms with E-state index in [-0.39, 0.29) is 6.79 Å². The number of hydrogen-bond acceptors (Lipinski definition) is 10. The number of fused-ring (bicyclic) bond motifs is 1. The number of nitrogens with one attached hydrogen (secondary N) is 1. The Labute approximate surface area is 190 Å². The molecule has 0 unspecified atom stereocenters. The van der Waals surface area contributed by atoms with Crippen LogP contribution in [0.2, 0.25) is 0 Å². The van der Waals surface area contributed by atoms with Crippen molar-refractivity contribution < 1.29 is 42.8 Å². The van der Waals surface area contributed by atoms with Gasteiger partial charge in [-0.1, -0.05) is 5.16 Å². The molecule has 1 amide bonds. The summed E-state index contributed by atoms with van der Waals surface area (Å²) in [5, 5.41) is 6.48. The number of amides is 1. The lowest BCUT2D eigenvalue weighted by molar-refractivity contribution is -0.151. The summed E-state index contributed by atoms with van der Waals surface area (Å²) in [6.07, 6.45) is 0. The van der Waals surface area contributed by atoms with Gasteiger partial charge in [0.15, 0.2) is 29.6 Å². The Morgan fingerprint density at radius 3 is 2.33 bits per heavy atom. The SMILES string of the molecule is COc1cc(NC(=O)COC(=O)CO/N=C(/C)c2ccc3c(c2)OCO3)cc(OC)c1OC. The standard InChI is InChI=1S/C22H24N2O9/c1-13(14-5-6-16-17(7-14)32-12-31-16)24-33-11-21(26)30-10-20(25)23-15-8-18(27-2)22(29-4)19(9-15)28-3/h5-9H,10-12H2,1-4H3,(H,23,25)/b24-13-. The van der Waals surface area contributed by atoms with Crippen LogP contribution < -0.4 is 29.0 Å². The molecule has 0 radical (unpaired) electrons. The van der Waals surface area contributed by atoms with Crippen molar-refractivity contribution in [1.29, 1.82) is 0 Å². The van der Waals surface area contributed by atoms with Crippen molar-refractivity contribution in [3.8, 4) is 28.7 Å². The molecule has 1 heterocycles. The molecule has 176 valence electrons. The molecule has 2 aromatic rings. The molecule has 1 aliphatic rings. The second-order valence-corrected chi connectivity index (χ2v) is 6.64. The monoisotopic (exact) mass is 460 g/mol. The summed E-state index contributed by atoms with van der Waals surface area (Å²) in [5.41, 5.74) is 1.66. The van der Waals surface area contributed by atoms with Crippen LogP contribution in [-0.4, -0.2) is 58.9 Å². The van der Waals surface area contributed by atoms with Crippen molar-refractivity contribution in [2.24, 2.45) is 5.16 Å². The topological polar surface area (TPSA) is 123 Å². The fourth-order valence-corrected chi connectivity index (χ4v) is 2.89. The van der Waals surface area contributed by atoms with Crippen molar-refractivity contribution in [3.05, 3.63) is 35.9 Å². The average molecular weight is 460 g/mol. The summed E-state index contributed by atoms with van der Waals surface area (Å²) in [5.74, 6) is 1.08. The maximum absolute atomic E-state index is 12.1. The van der Waals surface area contributed by atoms with E-state index in [4.69, 9.17) is 33.3 Å². The predicted molar refractivity (Wildman–Crippen MR) is 116 cm³/mol. The Kier molecular flexibility index (Phi) is 7.79. The number of anilines is 1. The van der Waals surface area contributed by atoms with Gasteiger partial charge in [0.2, 0.25) is 19.1 Å². The minimum absolute atomic E-state index is 0.171. The van der Waals surface area contributed by atoms with Crippen molar-refractivity contribution in [2.45, 2.75) is 6.92 Å². The lowest BCUT2D eigenvalue weighted by Crippen LogP contribution is -2.22. The van der Waals surface area contributed by atoms with Crippen LogP contribution in [0.15, 0.2) is 35.5 Å². The first-order chi connectivity index (χ1) is 15.9. The van der Waals surface area contributed by atoms with Gasteiger partial charge in [0.05, 0.1) is 27.0 Å². The Bertz CT molecular complexity index is 1030. The first kappa shape index (κ1) is 23.5. The summed E-state index contributed by atoms with van der Waals surface area (Å²) >= 11 is 0. The van der Waals surface area contributed by atoms with Gasteiger partial charge < -0.3 is 38.6 Å². The highest BCUT2D eigenvalue weighted by molar-refractivity contribution is 5.99. The van der Waals surface area contributed by atoms with Crippen LogP contribution in [0, 0.1) is 0 Å². The molecule has 11 heteroatoms. The van der Waals surface area contributed by atoms with E-state index in [1.54, 1.807) is 37.3 Å². The number of nitrogens with zero attached hydrogens (tertiary/aromatic N) is 1. The molecule has 2 aromatic carbocycles. The number of ether oxygens (including phenoxy) is 6. The molecule has 0 aromatic heterocycles. The maximum atomic E-state index is 12.1. The van der Waals surface area contributed by atoms with Crippen molar-refractivity contribution in [1.82, 2.24) is 0 Å². The van der Waals surface area contributed by atoms with Crippen molar-refractivity contribution in [3.63, 3.8) is 0 Å². The lowest BCUT2D eigenvalue weighted by Gasteiger charge is -2.14. The quantitative estimate of drug-likeness (QED) is 0.323. The Hall–Kier alpha value is -4.15. The van der Waals surface area contributed by atoms with E-state index in [9.17, 15) is 9.59 Å². The summed E-state index contributed by atoms with van der Waals surface area (Å²) in [6, 6.07) is 8.42. The Morgan fingerprint density at radius 1 is 0.970 bits per heavy atom. The van der Waals surface area contributed by atoms with E-state index in [0.717, 1.165) is 5.56 Å². The fraction of sp³-hybridized carbons (Fsp3) is 0.318. The minimum Gasteiger partial charge on any atom is -0.493 e. The summed E-state index contributed by atoms with van der Waals surface area (Å²) in [4.78, 5) is 29.0. The minimum atomic E-state index is -0.753. The number of hydrogen-bond donors (Lipinski definition) is 1. The third-order valence-corrected chi connectivity index (χ3v) is 4.49. The zero-order chi connectivity index (χ0) is 23.8.